The molecule has 0 aromatic heterocycles. The number of aryl methyl sites for hydroxylation is 1. The van der Waals surface area contributed by atoms with Gasteiger partial charge in [0, 0.05) is 25.2 Å². The minimum atomic E-state index is 0.0859. The molecular formula is C17H27N3O. The van der Waals surface area contributed by atoms with E-state index in [4.69, 9.17) is 5.73 Å². The normalized spacial score (nSPS) is 23.0. The summed E-state index contributed by atoms with van der Waals surface area (Å²) in [6.45, 7) is 5.93. The number of hydrogen-bond acceptors (Lipinski definition) is 3. The second-order valence-electron chi connectivity index (χ2n) is 6.10. The maximum Gasteiger partial charge on any atom is 0.234 e. The smallest absolute Gasteiger partial charge is 0.234 e. The number of likely N-dealkylation sites (tertiary alicyclic amines) is 1. The molecule has 1 aliphatic heterocycles. The van der Waals surface area contributed by atoms with Crippen LogP contribution in [0.15, 0.2) is 24.3 Å². The molecule has 2 unspecified atom stereocenters. The van der Waals surface area contributed by atoms with Crippen LogP contribution in [0.1, 0.15) is 37.3 Å². The summed E-state index contributed by atoms with van der Waals surface area (Å²) in [7, 11) is 0. The molecule has 4 nitrogen and oxygen atoms in total. The van der Waals surface area contributed by atoms with Gasteiger partial charge in [-0.2, -0.15) is 0 Å². The van der Waals surface area contributed by atoms with Crippen molar-refractivity contribution in [3.8, 4) is 0 Å². The van der Waals surface area contributed by atoms with E-state index in [-0.39, 0.29) is 5.91 Å². The third-order valence-corrected chi connectivity index (χ3v) is 4.40. The Hall–Kier alpha value is -1.39. The minimum Gasteiger partial charge on any atom is -0.351 e. The van der Waals surface area contributed by atoms with Crippen molar-refractivity contribution in [2.24, 2.45) is 5.73 Å². The fourth-order valence-electron chi connectivity index (χ4n) is 3.01. The van der Waals surface area contributed by atoms with Gasteiger partial charge in [-0.3, -0.25) is 9.69 Å². The van der Waals surface area contributed by atoms with Crippen molar-refractivity contribution in [2.45, 2.75) is 51.7 Å². The van der Waals surface area contributed by atoms with Crippen LogP contribution in [0, 0.1) is 6.92 Å². The molecule has 2 atom stereocenters. The highest BCUT2D eigenvalue weighted by molar-refractivity contribution is 5.78. The molecule has 1 aliphatic rings. The standard InChI is InChI=1S/C17H27N3O/c1-13-6-8-15(9-7-13)11-19-17(21)12-20-14(2)4-3-5-16(20)10-18/h6-9,14,16H,3-5,10-12,18H2,1-2H3,(H,19,21). The van der Waals surface area contributed by atoms with Gasteiger partial charge < -0.3 is 11.1 Å². The summed E-state index contributed by atoms with van der Waals surface area (Å²) < 4.78 is 0. The summed E-state index contributed by atoms with van der Waals surface area (Å²) in [6, 6.07) is 9.04. The van der Waals surface area contributed by atoms with Gasteiger partial charge in [-0.05, 0) is 32.3 Å². The first kappa shape index (κ1) is 16.0. The predicted molar refractivity (Wildman–Crippen MR) is 85.9 cm³/mol. The molecule has 0 bridgehead atoms. The molecule has 1 saturated heterocycles. The topological polar surface area (TPSA) is 58.4 Å². The third-order valence-electron chi connectivity index (χ3n) is 4.40. The second-order valence-corrected chi connectivity index (χ2v) is 6.10. The molecule has 1 heterocycles. The number of rotatable bonds is 5. The van der Waals surface area contributed by atoms with Gasteiger partial charge in [0.2, 0.25) is 5.91 Å². The van der Waals surface area contributed by atoms with Gasteiger partial charge in [0.25, 0.3) is 0 Å². The second kappa shape index (κ2) is 7.57. The van der Waals surface area contributed by atoms with Crippen LogP contribution in [0.4, 0.5) is 0 Å². The number of nitrogens with one attached hydrogen (secondary N) is 1. The monoisotopic (exact) mass is 289 g/mol. The number of piperidine rings is 1. The first-order valence-electron chi connectivity index (χ1n) is 7.88. The number of hydrogen-bond donors (Lipinski definition) is 2. The van der Waals surface area contributed by atoms with Crippen LogP contribution in [0.2, 0.25) is 0 Å². The van der Waals surface area contributed by atoms with Crippen LogP contribution < -0.4 is 11.1 Å². The summed E-state index contributed by atoms with van der Waals surface area (Å²) in [5.74, 6) is 0.0859. The number of nitrogens with zero attached hydrogens (tertiary/aromatic N) is 1. The first-order valence-corrected chi connectivity index (χ1v) is 7.88. The van der Waals surface area contributed by atoms with E-state index in [1.807, 2.05) is 0 Å². The maximum absolute atomic E-state index is 12.2. The van der Waals surface area contributed by atoms with Crippen molar-refractivity contribution in [3.05, 3.63) is 35.4 Å². The lowest BCUT2D eigenvalue weighted by atomic mass is 9.96. The van der Waals surface area contributed by atoms with Gasteiger partial charge in [-0.15, -0.1) is 0 Å². The molecule has 4 heteroatoms. The molecule has 1 amide bonds. The Kier molecular flexibility index (Phi) is 5.76. The van der Waals surface area contributed by atoms with Crippen LogP contribution in [0.3, 0.4) is 0 Å². The van der Waals surface area contributed by atoms with Crippen LogP contribution in [-0.2, 0) is 11.3 Å². The van der Waals surface area contributed by atoms with Gasteiger partial charge in [-0.1, -0.05) is 36.2 Å². The van der Waals surface area contributed by atoms with E-state index in [9.17, 15) is 4.79 Å². The number of carbonyl (C=O) groups excluding carboxylic acids is 1. The molecule has 21 heavy (non-hydrogen) atoms. The lowest BCUT2D eigenvalue weighted by molar-refractivity contribution is -0.124. The summed E-state index contributed by atoms with van der Waals surface area (Å²) in [6.07, 6.45) is 3.47. The van der Waals surface area contributed by atoms with Crippen LogP contribution >= 0.6 is 0 Å². The molecule has 1 fully saturated rings. The molecule has 0 saturated carbocycles. The van der Waals surface area contributed by atoms with Gasteiger partial charge in [0.05, 0.1) is 6.54 Å². The molecule has 0 radical (unpaired) electrons. The molecule has 0 aliphatic carbocycles. The highest BCUT2D eigenvalue weighted by Crippen LogP contribution is 2.21. The van der Waals surface area contributed by atoms with Crippen LogP contribution in [0.25, 0.3) is 0 Å². The summed E-state index contributed by atoms with van der Waals surface area (Å²) >= 11 is 0. The van der Waals surface area contributed by atoms with Gasteiger partial charge in [-0.25, -0.2) is 0 Å². The zero-order chi connectivity index (χ0) is 15.2. The molecule has 1 aromatic carbocycles. The van der Waals surface area contributed by atoms with Crippen molar-refractivity contribution < 1.29 is 4.79 Å². The lowest BCUT2D eigenvalue weighted by Crippen LogP contribution is -2.52. The van der Waals surface area contributed by atoms with Crippen LogP contribution in [0.5, 0.6) is 0 Å². The quantitative estimate of drug-likeness (QED) is 0.869. The molecular weight excluding hydrogens is 262 g/mol. The number of nitrogens with two attached hydrogens (primary N) is 1. The van der Waals surface area contributed by atoms with Crippen molar-refractivity contribution in [1.29, 1.82) is 0 Å². The van der Waals surface area contributed by atoms with E-state index < -0.39 is 0 Å². The largest absolute Gasteiger partial charge is 0.351 e. The van der Waals surface area contributed by atoms with Crippen molar-refractivity contribution >= 4 is 5.91 Å². The van der Waals surface area contributed by atoms with Crippen molar-refractivity contribution in [1.82, 2.24) is 10.2 Å². The third kappa shape index (κ3) is 4.55. The average molecular weight is 289 g/mol. The van der Waals surface area contributed by atoms with E-state index in [0.717, 1.165) is 18.4 Å². The molecule has 2 rings (SSSR count). The Morgan fingerprint density at radius 3 is 2.71 bits per heavy atom. The van der Waals surface area contributed by atoms with E-state index in [2.05, 4.69) is 48.3 Å². The maximum atomic E-state index is 12.2. The molecule has 3 N–H and O–H groups in total. The van der Waals surface area contributed by atoms with Crippen molar-refractivity contribution in [2.75, 3.05) is 13.1 Å². The van der Waals surface area contributed by atoms with Gasteiger partial charge in [0.1, 0.15) is 0 Å². The number of carbonyl (C=O) groups is 1. The highest BCUT2D eigenvalue weighted by Gasteiger charge is 2.28. The van der Waals surface area contributed by atoms with E-state index in [0.29, 0.717) is 31.7 Å². The number of benzene rings is 1. The summed E-state index contributed by atoms with van der Waals surface area (Å²) in [5.41, 5.74) is 8.21. The summed E-state index contributed by atoms with van der Waals surface area (Å²) in [5, 5.41) is 3.01. The average Bonchev–Trinajstić information content (AvgIpc) is 2.49. The number of amides is 1. The molecule has 0 spiro atoms. The van der Waals surface area contributed by atoms with E-state index in [1.165, 1.54) is 12.0 Å². The van der Waals surface area contributed by atoms with E-state index in [1.54, 1.807) is 0 Å². The fraction of sp³-hybridized carbons (Fsp3) is 0.588. The van der Waals surface area contributed by atoms with Crippen LogP contribution in [-0.4, -0.2) is 36.0 Å². The zero-order valence-electron chi connectivity index (χ0n) is 13.1. The predicted octanol–water partition coefficient (Wildman–Crippen LogP) is 1.81. The van der Waals surface area contributed by atoms with Gasteiger partial charge >= 0.3 is 0 Å². The van der Waals surface area contributed by atoms with E-state index >= 15 is 0 Å². The minimum absolute atomic E-state index is 0.0859. The highest BCUT2D eigenvalue weighted by atomic mass is 16.2. The Morgan fingerprint density at radius 1 is 1.33 bits per heavy atom. The molecule has 1 aromatic rings. The van der Waals surface area contributed by atoms with Crippen molar-refractivity contribution in [3.63, 3.8) is 0 Å². The fourth-order valence-corrected chi connectivity index (χ4v) is 3.01. The summed E-state index contributed by atoms with van der Waals surface area (Å²) in [4.78, 5) is 14.4. The SMILES string of the molecule is Cc1ccc(CNC(=O)CN2C(C)CCCC2CN)cc1. The first-order chi connectivity index (χ1) is 10.1. The Bertz CT molecular complexity index is 458. The Morgan fingerprint density at radius 2 is 2.05 bits per heavy atom. The lowest BCUT2D eigenvalue weighted by Gasteiger charge is -2.39. The Labute approximate surface area is 127 Å². The Balaban J connectivity index is 1.84. The molecule has 116 valence electrons. The zero-order valence-corrected chi connectivity index (χ0v) is 13.1. The van der Waals surface area contributed by atoms with Gasteiger partial charge in [0.15, 0.2) is 0 Å².